The molecule has 0 aliphatic carbocycles. The molecule has 15 heavy (non-hydrogen) atoms. The number of hydrogen-bond acceptors (Lipinski definition) is 3. The maximum absolute atomic E-state index is 11.4. The van der Waals surface area contributed by atoms with Crippen LogP contribution in [0.1, 0.15) is 33.6 Å². The van der Waals surface area contributed by atoms with Gasteiger partial charge in [-0.3, -0.25) is 4.79 Å². The molecule has 0 aromatic rings. The predicted octanol–water partition coefficient (Wildman–Crippen LogP) is 0.936. The van der Waals surface area contributed by atoms with Crippen molar-refractivity contribution in [2.24, 2.45) is 5.92 Å². The summed E-state index contributed by atoms with van der Waals surface area (Å²) >= 11 is 0. The van der Waals surface area contributed by atoms with Crippen molar-refractivity contribution in [3.05, 3.63) is 0 Å². The van der Waals surface area contributed by atoms with Gasteiger partial charge in [0.15, 0.2) is 0 Å². The second-order valence-corrected chi connectivity index (χ2v) is 3.90. The summed E-state index contributed by atoms with van der Waals surface area (Å²) in [5.74, 6) is 0.244. The van der Waals surface area contributed by atoms with Gasteiger partial charge in [0.2, 0.25) is 5.91 Å². The molecule has 0 aromatic carbocycles. The fraction of sp³-hybridized carbons (Fsp3) is 0.909. The van der Waals surface area contributed by atoms with E-state index in [-0.39, 0.29) is 24.5 Å². The lowest BCUT2D eigenvalue weighted by Crippen LogP contribution is -2.41. The fourth-order valence-corrected chi connectivity index (χ4v) is 1.18. The maximum atomic E-state index is 11.4. The van der Waals surface area contributed by atoms with Crippen molar-refractivity contribution in [2.45, 2.75) is 39.7 Å². The van der Waals surface area contributed by atoms with Gasteiger partial charge in [-0.05, 0) is 19.3 Å². The van der Waals surface area contributed by atoms with Gasteiger partial charge < -0.3 is 15.2 Å². The minimum absolute atomic E-state index is 0.00509. The summed E-state index contributed by atoms with van der Waals surface area (Å²) in [6.45, 7) is 7.18. The van der Waals surface area contributed by atoms with E-state index in [2.05, 4.69) is 5.32 Å². The Kier molecular flexibility index (Phi) is 8.33. The topological polar surface area (TPSA) is 58.6 Å². The van der Waals surface area contributed by atoms with Crippen LogP contribution in [0.3, 0.4) is 0 Å². The number of nitrogens with one attached hydrogen (secondary N) is 1. The Bertz CT molecular complexity index is 171. The lowest BCUT2D eigenvalue weighted by molar-refractivity contribution is -0.122. The van der Waals surface area contributed by atoms with Gasteiger partial charge in [0.1, 0.15) is 0 Å². The van der Waals surface area contributed by atoms with Crippen molar-refractivity contribution >= 4 is 5.91 Å². The molecule has 0 fully saturated rings. The second-order valence-electron chi connectivity index (χ2n) is 3.90. The Balaban J connectivity index is 3.62. The van der Waals surface area contributed by atoms with Gasteiger partial charge in [-0.2, -0.15) is 0 Å². The van der Waals surface area contributed by atoms with Gasteiger partial charge in [-0.15, -0.1) is 0 Å². The molecule has 0 aliphatic rings. The highest BCUT2D eigenvalue weighted by Crippen LogP contribution is 2.01. The molecule has 0 rings (SSSR count). The van der Waals surface area contributed by atoms with Crippen LogP contribution in [0.25, 0.3) is 0 Å². The van der Waals surface area contributed by atoms with E-state index in [1.54, 1.807) is 0 Å². The highest BCUT2D eigenvalue weighted by Gasteiger charge is 2.14. The second kappa shape index (κ2) is 8.68. The molecule has 0 aromatic heterocycles. The van der Waals surface area contributed by atoms with Gasteiger partial charge >= 0.3 is 0 Å². The first kappa shape index (κ1) is 14.4. The Labute approximate surface area is 92.0 Å². The van der Waals surface area contributed by atoms with E-state index in [9.17, 15) is 4.79 Å². The quantitative estimate of drug-likeness (QED) is 0.595. The molecule has 4 heteroatoms. The van der Waals surface area contributed by atoms with Gasteiger partial charge in [0.25, 0.3) is 0 Å². The highest BCUT2D eigenvalue weighted by molar-refractivity contribution is 5.76. The van der Waals surface area contributed by atoms with Gasteiger partial charge in [-0.25, -0.2) is 0 Å². The SMILES string of the molecule is CCOCCCC(=O)N[C@H](CO)C(C)C. The highest BCUT2D eigenvalue weighted by atomic mass is 16.5. The molecular weight excluding hydrogens is 194 g/mol. The summed E-state index contributed by atoms with van der Waals surface area (Å²) in [7, 11) is 0. The number of hydrogen-bond donors (Lipinski definition) is 2. The summed E-state index contributed by atoms with van der Waals surface area (Å²) < 4.78 is 5.13. The molecular formula is C11H23NO3. The molecule has 0 spiro atoms. The molecule has 0 heterocycles. The molecule has 0 aliphatic heterocycles. The third-order valence-corrected chi connectivity index (χ3v) is 2.24. The molecule has 1 amide bonds. The van der Waals surface area contributed by atoms with Crippen LogP contribution in [0.5, 0.6) is 0 Å². The minimum atomic E-state index is -0.135. The van der Waals surface area contributed by atoms with Crippen LogP contribution in [-0.4, -0.2) is 36.9 Å². The number of amides is 1. The van der Waals surface area contributed by atoms with Crippen molar-refractivity contribution in [1.29, 1.82) is 0 Å². The zero-order valence-corrected chi connectivity index (χ0v) is 9.95. The zero-order valence-electron chi connectivity index (χ0n) is 9.95. The first-order valence-electron chi connectivity index (χ1n) is 5.59. The summed E-state index contributed by atoms with van der Waals surface area (Å²) in [5, 5.41) is 11.8. The number of aliphatic hydroxyl groups excluding tert-OH is 1. The monoisotopic (exact) mass is 217 g/mol. The number of ether oxygens (including phenoxy) is 1. The van der Waals surface area contributed by atoms with Crippen LogP contribution in [0.4, 0.5) is 0 Å². The van der Waals surface area contributed by atoms with E-state index in [1.165, 1.54) is 0 Å². The predicted molar refractivity (Wildman–Crippen MR) is 59.6 cm³/mol. The van der Waals surface area contributed by atoms with Crippen LogP contribution >= 0.6 is 0 Å². The largest absolute Gasteiger partial charge is 0.394 e. The van der Waals surface area contributed by atoms with Crippen LogP contribution in [0, 0.1) is 5.92 Å². The molecule has 0 unspecified atom stereocenters. The Morgan fingerprint density at radius 1 is 1.47 bits per heavy atom. The average Bonchev–Trinajstić information content (AvgIpc) is 2.20. The van der Waals surface area contributed by atoms with Crippen LogP contribution in [0.2, 0.25) is 0 Å². The van der Waals surface area contributed by atoms with E-state index in [1.807, 2.05) is 20.8 Å². The zero-order chi connectivity index (χ0) is 11.7. The van der Waals surface area contributed by atoms with Crippen molar-refractivity contribution in [1.82, 2.24) is 5.32 Å². The van der Waals surface area contributed by atoms with Crippen molar-refractivity contribution in [2.75, 3.05) is 19.8 Å². The number of aliphatic hydroxyl groups is 1. The number of rotatable bonds is 8. The Morgan fingerprint density at radius 3 is 2.60 bits per heavy atom. The maximum Gasteiger partial charge on any atom is 0.220 e. The van der Waals surface area contributed by atoms with Crippen LogP contribution in [-0.2, 0) is 9.53 Å². The molecule has 0 saturated carbocycles. The van der Waals surface area contributed by atoms with Gasteiger partial charge in [-0.1, -0.05) is 13.8 Å². The van der Waals surface area contributed by atoms with Crippen molar-refractivity contribution < 1.29 is 14.6 Å². The standard InChI is InChI=1S/C11H23NO3/c1-4-15-7-5-6-11(14)12-10(8-13)9(2)3/h9-10,13H,4-8H2,1-3H3,(H,12,14)/t10-/m1/s1. The van der Waals surface area contributed by atoms with E-state index >= 15 is 0 Å². The summed E-state index contributed by atoms with van der Waals surface area (Å²) in [4.78, 5) is 11.4. The smallest absolute Gasteiger partial charge is 0.220 e. The average molecular weight is 217 g/mol. The summed E-state index contributed by atoms with van der Waals surface area (Å²) in [6, 6.07) is -0.135. The lowest BCUT2D eigenvalue weighted by Gasteiger charge is -2.19. The van der Waals surface area contributed by atoms with Gasteiger partial charge in [0, 0.05) is 19.6 Å². The third kappa shape index (κ3) is 7.33. The van der Waals surface area contributed by atoms with E-state index < -0.39 is 0 Å². The van der Waals surface area contributed by atoms with E-state index in [4.69, 9.17) is 9.84 Å². The Morgan fingerprint density at radius 2 is 2.13 bits per heavy atom. The number of carbonyl (C=O) groups excluding carboxylic acids is 1. The summed E-state index contributed by atoms with van der Waals surface area (Å²) in [6.07, 6.45) is 1.19. The molecule has 0 saturated heterocycles. The summed E-state index contributed by atoms with van der Waals surface area (Å²) in [5.41, 5.74) is 0. The Hall–Kier alpha value is -0.610. The molecule has 1 atom stereocenters. The lowest BCUT2D eigenvalue weighted by atomic mass is 10.1. The number of carbonyl (C=O) groups is 1. The van der Waals surface area contributed by atoms with Crippen LogP contribution in [0.15, 0.2) is 0 Å². The first-order chi connectivity index (χ1) is 7.11. The third-order valence-electron chi connectivity index (χ3n) is 2.24. The molecule has 2 N–H and O–H groups in total. The fourth-order valence-electron chi connectivity index (χ4n) is 1.18. The van der Waals surface area contributed by atoms with Crippen molar-refractivity contribution in [3.63, 3.8) is 0 Å². The molecule has 0 radical (unpaired) electrons. The first-order valence-corrected chi connectivity index (χ1v) is 5.59. The normalized spacial score (nSPS) is 12.9. The van der Waals surface area contributed by atoms with Crippen LogP contribution < -0.4 is 5.32 Å². The molecule has 90 valence electrons. The minimum Gasteiger partial charge on any atom is -0.394 e. The molecule has 4 nitrogen and oxygen atoms in total. The van der Waals surface area contributed by atoms with E-state index in [0.717, 1.165) is 6.42 Å². The molecule has 0 bridgehead atoms. The van der Waals surface area contributed by atoms with Crippen molar-refractivity contribution in [3.8, 4) is 0 Å². The van der Waals surface area contributed by atoms with Gasteiger partial charge in [0.05, 0.1) is 12.6 Å². The van der Waals surface area contributed by atoms with E-state index in [0.29, 0.717) is 19.6 Å².